The first-order chi connectivity index (χ1) is 7.66. The first-order valence-electron chi connectivity index (χ1n) is 5.55. The van der Waals surface area contributed by atoms with Crippen molar-refractivity contribution in [2.45, 2.75) is 33.3 Å². The fraction of sp³-hybridized carbons (Fsp3) is 0.900. The molecule has 2 N–H and O–H groups in total. The molecule has 0 aliphatic heterocycles. The van der Waals surface area contributed by atoms with Crippen LogP contribution in [0.5, 0.6) is 0 Å². The first-order valence-corrected chi connectivity index (χ1v) is 5.55. The molecule has 0 aromatic heterocycles. The van der Waals surface area contributed by atoms with Gasteiger partial charge < -0.3 is 14.8 Å². The van der Waals surface area contributed by atoms with Crippen molar-refractivity contribution in [2.75, 3.05) is 26.4 Å². The molecule has 6 heteroatoms. The Labute approximate surface area is 96.6 Å². The van der Waals surface area contributed by atoms with Crippen molar-refractivity contribution in [2.24, 2.45) is 0 Å². The molecule has 0 aromatic rings. The Morgan fingerprint density at radius 3 is 2.62 bits per heavy atom. The van der Waals surface area contributed by atoms with E-state index >= 15 is 0 Å². The minimum atomic E-state index is -0.721. The molecule has 0 bridgehead atoms. The van der Waals surface area contributed by atoms with Crippen LogP contribution in [-0.2, 0) is 14.3 Å². The third kappa shape index (κ3) is 11.2. The second-order valence-electron chi connectivity index (χ2n) is 3.47. The third-order valence-electron chi connectivity index (χ3n) is 1.50. The second-order valence-corrected chi connectivity index (χ2v) is 3.47. The lowest BCUT2D eigenvalue weighted by atomic mass is 10.5. The number of nitrogens with one attached hydrogen (secondary N) is 2. The molecule has 0 aliphatic carbocycles. The average molecular weight is 234 g/mol. The molecule has 0 amide bonds. The Morgan fingerprint density at radius 2 is 2.00 bits per heavy atom. The van der Waals surface area contributed by atoms with E-state index in [0.717, 1.165) is 19.5 Å². The van der Waals surface area contributed by atoms with Crippen LogP contribution in [0.3, 0.4) is 0 Å². The van der Waals surface area contributed by atoms with Gasteiger partial charge in [-0.15, -0.1) is 0 Å². The number of carbonyl (C=O) groups is 1. The second kappa shape index (κ2) is 10.7. The largest absolute Gasteiger partial charge is 0.510 e. The van der Waals surface area contributed by atoms with E-state index in [1.165, 1.54) is 0 Å². The van der Waals surface area contributed by atoms with Crippen LogP contribution in [0.4, 0.5) is 4.79 Å². The molecule has 16 heavy (non-hydrogen) atoms. The van der Waals surface area contributed by atoms with Gasteiger partial charge in [0.1, 0.15) is 0 Å². The summed E-state index contributed by atoms with van der Waals surface area (Å²) in [4.78, 5) is 15.7. The van der Waals surface area contributed by atoms with E-state index in [0.29, 0.717) is 6.54 Å². The van der Waals surface area contributed by atoms with Crippen molar-refractivity contribution in [1.29, 1.82) is 0 Å². The van der Waals surface area contributed by atoms with Gasteiger partial charge in [-0.25, -0.2) is 4.79 Å². The van der Waals surface area contributed by atoms with Crippen molar-refractivity contribution < 1.29 is 19.1 Å². The zero-order valence-electron chi connectivity index (χ0n) is 10.2. The Balaban J connectivity index is 3.11. The zero-order chi connectivity index (χ0) is 12.2. The molecule has 0 aromatic carbocycles. The number of hydroxylamine groups is 1. The standard InChI is InChI=1S/C10H22N2O4/c1-4-5-11-6-7-12-15-8-14-10(13)16-9(2)3/h9,11-12H,4-8H2,1-3H3. The molecule has 0 aliphatic rings. The van der Waals surface area contributed by atoms with Gasteiger partial charge in [0, 0.05) is 13.1 Å². The van der Waals surface area contributed by atoms with Crippen molar-refractivity contribution >= 4 is 6.16 Å². The zero-order valence-corrected chi connectivity index (χ0v) is 10.2. The smallest absolute Gasteiger partial charge is 0.432 e. The Morgan fingerprint density at radius 1 is 1.25 bits per heavy atom. The van der Waals surface area contributed by atoms with E-state index < -0.39 is 6.16 Å². The van der Waals surface area contributed by atoms with Crippen LogP contribution >= 0.6 is 0 Å². The Bertz CT molecular complexity index is 176. The predicted octanol–water partition coefficient (Wildman–Crippen LogP) is 1.03. The fourth-order valence-corrected chi connectivity index (χ4v) is 0.859. The number of hydrogen-bond donors (Lipinski definition) is 2. The van der Waals surface area contributed by atoms with Crippen LogP contribution in [0.25, 0.3) is 0 Å². The van der Waals surface area contributed by atoms with Gasteiger partial charge in [0.15, 0.2) is 0 Å². The molecule has 0 unspecified atom stereocenters. The van der Waals surface area contributed by atoms with Gasteiger partial charge in [0.2, 0.25) is 6.79 Å². The molecule has 0 heterocycles. The lowest BCUT2D eigenvalue weighted by Gasteiger charge is -2.09. The minimum Gasteiger partial charge on any atom is -0.432 e. The number of rotatable bonds is 9. The molecule has 6 nitrogen and oxygen atoms in total. The summed E-state index contributed by atoms with van der Waals surface area (Å²) >= 11 is 0. The van der Waals surface area contributed by atoms with Crippen molar-refractivity contribution in [3.05, 3.63) is 0 Å². The quantitative estimate of drug-likeness (QED) is 0.269. The Kier molecular flexibility index (Phi) is 10.1. The van der Waals surface area contributed by atoms with Gasteiger partial charge in [0.25, 0.3) is 0 Å². The van der Waals surface area contributed by atoms with Crippen LogP contribution in [0.15, 0.2) is 0 Å². The highest BCUT2D eigenvalue weighted by molar-refractivity contribution is 5.59. The molecular formula is C10H22N2O4. The average Bonchev–Trinajstić information content (AvgIpc) is 2.21. The van der Waals surface area contributed by atoms with Crippen LogP contribution in [-0.4, -0.2) is 38.7 Å². The molecule has 0 spiro atoms. The topological polar surface area (TPSA) is 68.8 Å². The fourth-order valence-electron chi connectivity index (χ4n) is 0.859. The molecule has 0 saturated carbocycles. The van der Waals surface area contributed by atoms with Gasteiger partial charge >= 0.3 is 6.16 Å². The van der Waals surface area contributed by atoms with E-state index in [2.05, 4.69) is 22.5 Å². The van der Waals surface area contributed by atoms with Gasteiger partial charge in [-0.2, -0.15) is 5.48 Å². The van der Waals surface area contributed by atoms with E-state index in [9.17, 15) is 4.79 Å². The Hall–Kier alpha value is -0.850. The summed E-state index contributed by atoms with van der Waals surface area (Å²) in [7, 11) is 0. The molecule has 96 valence electrons. The number of hydrogen-bond acceptors (Lipinski definition) is 6. The van der Waals surface area contributed by atoms with Crippen molar-refractivity contribution in [3.8, 4) is 0 Å². The summed E-state index contributed by atoms with van der Waals surface area (Å²) in [5, 5.41) is 3.19. The summed E-state index contributed by atoms with van der Waals surface area (Å²) in [6, 6.07) is 0. The normalized spacial score (nSPS) is 10.5. The molecule has 0 radical (unpaired) electrons. The van der Waals surface area contributed by atoms with Gasteiger partial charge in [-0.05, 0) is 26.8 Å². The summed E-state index contributed by atoms with van der Waals surface area (Å²) in [5.41, 5.74) is 2.66. The SMILES string of the molecule is CCCNCCNOCOC(=O)OC(C)C. The lowest BCUT2D eigenvalue weighted by Crippen LogP contribution is -2.29. The molecule has 0 atom stereocenters. The maximum absolute atomic E-state index is 10.9. The first kappa shape index (κ1) is 15.2. The summed E-state index contributed by atoms with van der Waals surface area (Å²) in [6.45, 7) is 7.90. The van der Waals surface area contributed by atoms with Gasteiger partial charge in [-0.3, -0.25) is 4.84 Å². The van der Waals surface area contributed by atoms with Crippen molar-refractivity contribution in [3.63, 3.8) is 0 Å². The van der Waals surface area contributed by atoms with E-state index in [1.54, 1.807) is 13.8 Å². The lowest BCUT2D eigenvalue weighted by molar-refractivity contribution is -0.0888. The van der Waals surface area contributed by atoms with Crippen LogP contribution in [0, 0.1) is 0 Å². The number of carbonyl (C=O) groups excluding carboxylic acids is 1. The predicted molar refractivity (Wildman–Crippen MR) is 59.8 cm³/mol. The monoisotopic (exact) mass is 234 g/mol. The maximum Gasteiger partial charge on any atom is 0.510 e. The van der Waals surface area contributed by atoms with Gasteiger partial charge in [-0.1, -0.05) is 6.92 Å². The van der Waals surface area contributed by atoms with Crippen LogP contribution in [0.1, 0.15) is 27.2 Å². The van der Waals surface area contributed by atoms with Gasteiger partial charge in [0.05, 0.1) is 6.10 Å². The van der Waals surface area contributed by atoms with E-state index in [-0.39, 0.29) is 12.9 Å². The maximum atomic E-state index is 10.9. The summed E-state index contributed by atoms with van der Waals surface area (Å²) in [6.07, 6.45) is 0.199. The van der Waals surface area contributed by atoms with Crippen LogP contribution in [0.2, 0.25) is 0 Å². The third-order valence-corrected chi connectivity index (χ3v) is 1.50. The summed E-state index contributed by atoms with van der Waals surface area (Å²) in [5.74, 6) is 0. The van der Waals surface area contributed by atoms with E-state index in [4.69, 9.17) is 9.57 Å². The number of ether oxygens (including phenoxy) is 2. The minimum absolute atomic E-state index is 0.153. The van der Waals surface area contributed by atoms with Crippen molar-refractivity contribution in [1.82, 2.24) is 10.8 Å². The molecule has 0 fully saturated rings. The highest BCUT2D eigenvalue weighted by atomic mass is 16.8. The van der Waals surface area contributed by atoms with E-state index in [1.807, 2.05) is 0 Å². The summed E-state index contributed by atoms with van der Waals surface area (Å²) < 4.78 is 9.34. The van der Waals surface area contributed by atoms with Crippen LogP contribution < -0.4 is 10.8 Å². The molecule has 0 rings (SSSR count). The highest BCUT2D eigenvalue weighted by Crippen LogP contribution is 1.91. The molecular weight excluding hydrogens is 212 g/mol. The molecule has 0 saturated heterocycles. The highest BCUT2D eigenvalue weighted by Gasteiger charge is 2.05.